The summed E-state index contributed by atoms with van der Waals surface area (Å²) in [5.41, 5.74) is 0.727. The molecular weight excluding hydrogens is 940 g/mol. The van der Waals surface area contributed by atoms with Gasteiger partial charge in [-0.05, 0) is 77.3 Å². The fourth-order valence-electron chi connectivity index (χ4n) is 8.17. The van der Waals surface area contributed by atoms with E-state index < -0.39 is 86.2 Å². The first-order valence-electron chi connectivity index (χ1n) is 22.9. The standard InChI is InChI=1S/C46H63N6O15PS/c1-10-28-22-46(28,68(58,64-25-62-43(56)60-11-2)65-26-63-44(57)61-12-3)51-39(53)36-20-31(23-52(36)40(54)38(45(6,7)8)50-42(55)67-29-15-13-14-16-29)66-37-21-34(35-24-69-41(49-35)47-27(4)5)48-33-19-30(59-9)17-18-32(33)37/h10,17-19,21,24,27-29,31,36,38H,1,11-16,20,22-23,25-26H2,2-9H3,(H,47,49)(H,50,55)(H,51,53)/t28-,31-,36+,38-,46+/m1/s1. The molecule has 0 bridgehead atoms. The lowest BCUT2D eigenvalue weighted by atomic mass is 9.85. The Kier molecular flexibility index (Phi) is 17.4. The number of amides is 3. The minimum absolute atomic E-state index is 0.0242. The lowest BCUT2D eigenvalue weighted by Crippen LogP contribution is -2.58. The molecule has 3 amide bonds. The molecule has 2 aliphatic carbocycles. The minimum atomic E-state index is -4.70. The second-order valence-corrected chi connectivity index (χ2v) is 21.2. The Morgan fingerprint density at radius 1 is 0.957 bits per heavy atom. The summed E-state index contributed by atoms with van der Waals surface area (Å²) in [6.45, 7) is 14.2. The number of aromatic nitrogens is 2. The molecule has 2 saturated carbocycles. The van der Waals surface area contributed by atoms with E-state index in [1.165, 1.54) is 22.3 Å². The molecule has 6 rings (SSSR count). The van der Waals surface area contributed by atoms with E-state index in [2.05, 4.69) is 22.5 Å². The summed E-state index contributed by atoms with van der Waals surface area (Å²) >= 11 is 1.42. The molecule has 2 aromatic heterocycles. The molecule has 3 N–H and O–H groups in total. The molecule has 0 unspecified atom stereocenters. The molecule has 69 heavy (non-hydrogen) atoms. The van der Waals surface area contributed by atoms with Gasteiger partial charge < -0.3 is 54.0 Å². The number of carbonyl (C=O) groups excluding carboxylic acids is 5. The number of hydrogen-bond acceptors (Lipinski definition) is 19. The number of pyridine rings is 1. The van der Waals surface area contributed by atoms with E-state index in [-0.39, 0.29) is 44.7 Å². The summed E-state index contributed by atoms with van der Waals surface area (Å²) in [7, 11) is -3.15. The van der Waals surface area contributed by atoms with E-state index in [1.807, 2.05) is 19.2 Å². The number of fused-ring (bicyclic) bond motifs is 1. The topological polar surface area (TPSA) is 251 Å². The zero-order chi connectivity index (χ0) is 50.1. The maximum Gasteiger partial charge on any atom is 0.510 e. The minimum Gasteiger partial charge on any atom is -0.497 e. The molecule has 21 nitrogen and oxygen atoms in total. The van der Waals surface area contributed by atoms with Crippen LogP contribution in [-0.4, -0.2) is 121 Å². The molecule has 23 heteroatoms. The normalized spacial score (nSPS) is 20.7. The SMILES string of the molecule is C=C[C@@H]1C[C@]1(NC(=O)[C@@H]1C[C@@H](Oc2cc(-c3csc(NC(C)C)n3)nc3cc(OC)ccc23)CN1C(=O)[C@@H](NC(=O)OC1CCCC1)C(C)(C)C)P(=O)(OCOC(=O)OCC)OCOC(=O)OCC. The van der Waals surface area contributed by atoms with E-state index >= 15 is 4.79 Å². The van der Waals surface area contributed by atoms with Crippen molar-refractivity contribution in [3.05, 3.63) is 42.3 Å². The third kappa shape index (κ3) is 12.9. The highest BCUT2D eigenvalue weighted by Crippen LogP contribution is 2.73. The van der Waals surface area contributed by atoms with Gasteiger partial charge in [-0.25, -0.2) is 24.4 Å². The zero-order valence-electron chi connectivity index (χ0n) is 40.2. The Morgan fingerprint density at radius 3 is 2.20 bits per heavy atom. The van der Waals surface area contributed by atoms with E-state index in [0.29, 0.717) is 51.8 Å². The summed E-state index contributed by atoms with van der Waals surface area (Å²) in [4.78, 5) is 78.6. The lowest BCUT2D eigenvalue weighted by Gasteiger charge is -2.36. The van der Waals surface area contributed by atoms with Gasteiger partial charge in [-0.2, -0.15) is 0 Å². The van der Waals surface area contributed by atoms with E-state index in [9.17, 15) is 23.7 Å². The van der Waals surface area contributed by atoms with E-state index in [1.54, 1.807) is 66.0 Å². The average molecular weight is 1000 g/mol. The van der Waals surface area contributed by atoms with E-state index in [4.69, 9.17) is 52.2 Å². The molecule has 0 spiro atoms. The number of rotatable bonds is 21. The molecule has 3 aromatic rings. The van der Waals surface area contributed by atoms with Crippen molar-refractivity contribution in [1.82, 2.24) is 25.5 Å². The van der Waals surface area contributed by atoms with Crippen molar-refractivity contribution in [2.75, 3.05) is 45.8 Å². The van der Waals surface area contributed by atoms with Crippen molar-refractivity contribution < 1.29 is 70.7 Å². The predicted molar refractivity (Wildman–Crippen MR) is 253 cm³/mol. The number of nitrogens with one attached hydrogen (secondary N) is 3. The zero-order valence-corrected chi connectivity index (χ0v) is 41.9. The molecular formula is C46H63N6O15PS. The van der Waals surface area contributed by atoms with Gasteiger partial charge in [-0.3, -0.25) is 23.2 Å². The molecule has 0 radical (unpaired) electrons. The average Bonchev–Trinajstić information content (AvgIpc) is 3.69. The van der Waals surface area contributed by atoms with Crippen LogP contribution in [0.1, 0.15) is 87.0 Å². The van der Waals surface area contributed by atoms with Crippen molar-refractivity contribution in [1.29, 1.82) is 0 Å². The summed E-state index contributed by atoms with van der Waals surface area (Å²) in [5.74, 6) is -1.21. The van der Waals surface area contributed by atoms with Crippen molar-refractivity contribution in [2.24, 2.45) is 11.3 Å². The molecule has 3 aliphatic rings. The van der Waals surface area contributed by atoms with Crippen LogP contribution in [0.4, 0.5) is 19.5 Å². The largest absolute Gasteiger partial charge is 0.510 e. The summed E-state index contributed by atoms with van der Waals surface area (Å²) in [6, 6.07) is 4.72. The molecule has 1 aliphatic heterocycles. The highest BCUT2D eigenvalue weighted by atomic mass is 32.1. The van der Waals surface area contributed by atoms with Crippen LogP contribution >= 0.6 is 18.9 Å². The van der Waals surface area contributed by atoms with Crippen LogP contribution in [0.25, 0.3) is 22.3 Å². The first kappa shape index (κ1) is 52.7. The molecule has 3 heterocycles. The third-order valence-electron chi connectivity index (χ3n) is 11.7. The molecule has 3 fully saturated rings. The van der Waals surface area contributed by atoms with Gasteiger partial charge in [0.1, 0.15) is 46.8 Å². The van der Waals surface area contributed by atoms with Crippen LogP contribution < -0.4 is 25.4 Å². The van der Waals surface area contributed by atoms with E-state index in [0.717, 1.165) is 12.8 Å². The Morgan fingerprint density at radius 2 is 1.62 bits per heavy atom. The smallest absolute Gasteiger partial charge is 0.497 e. The van der Waals surface area contributed by atoms with Crippen molar-refractivity contribution in [3.8, 4) is 22.9 Å². The number of thiazole rings is 1. The Hall–Kier alpha value is -5.70. The van der Waals surface area contributed by atoms with Crippen LogP contribution in [0.15, 0.2) is 42.3 Å². The van der Waals surface area contributed by atoms with Gasteiger partial charge in [0.05, 0.1) is 38.1 Å². The van der Waals surface area contributed by atoms with Crippen LogP contribution in [0.5, 0.6) is 11.5 Å². The van der Waals surface area contributed by atoms with Crippen LogP contribution in [0.3, 0.4) is 0 Å². The fraction of sp³-hybridized carbons (Fsp3) is 0.587. The van der Waals surface area contributed by atoms with Crippen LogP contribution in [0, 0.1) is 11.3 Å². The number of carbonyl (C=O) groups is 5. The molecule has 378 valence electrons. The van der Waals surface area contributed by atoms with Crippen molar-refractivity contribution >= 4 is 65.2 Å². The van der Waals surface area contributed by atoms with Gasteiger partial charge in [0.15, 0.2) is 5.13 Å². The number of benzene rings is 1. The Labute approximate surface area is 405 Å². The quantitative estimate of drug-likeness (QED) is 0.0299. The number of hydrogen-bond donors (Lipinski definition) is 3. The van der Waals surface area contributed by atoms with Gasteiger partial charge in [-0.15, -0.1) is 17.9 Å². The van der Waals surface area contributed by atoms with Gasteiger partial charge in [0.25, 0.3) is 0 Å². The number of alkyl carbamates (subject to hydrolysis) is 1. The number of likely N-dealkylation sites (tertiary alicyclic amines) is 1. The summed E-state index contributed by atoms with van der Waals surface area (Å²) in [6.07, 6.45) is 0.398. The third-order valence-corrected chi connectivity index (χ3v) is 14.9. The Bertz CT molecular complexity index is 2360. The second kappa shape index (κ2) is 22.8. The van der Waals surface area contributed by atoms with Crippen LogP contribution in [0.2, 0.25) is 0 Å². The monoisotopic (exact) mass is 1000 g/mol. The van der Waals surface area contributed by atoms with Gasteiger partial charge >= 0.3 is 26.0 Å². The van der Waals surface area contributed by atoms with Crippen molar-refractivity contribution in [2.45, 2.75) is 123 Å². The maximum atomic E-state index is 15.0. The number of ether oxygens (including phenoxy) is 7. The number of nitrogens with zero attached hydrogens (tertiary/aromatic N) is 3. The number of anilines is 1. The summed E-state index contributed by atoms with van der Waals surface area (Å²) in [5, 5.41) is 10.3. The van der Waals surface area contributed by atoms with Crippen molar-refractivity contribution in [3.63, 3.8) is 0 Å². The maximum absolute atomic E-state index is 15.0. The molecule has 1 saturated heterocycles. The molecule has 5 atom stereocenters. The van der Waals surface area contributed by atoms with Gasteiger partial charge in [0, 0.05) is 41.3 Å². The van der Waals surface area contributed by atoms with Crippen LogP contribution in [-0.2, 0) is 46.9 Å². The highest BCUT2D eigenvalue weighted by Gasteiger charge is 2.69. The second-order valence-electron chi connectivity index (χ2n) is 18.1. The first-order chi connectivity index (χ1) is 32.8. The highest BCUT2D eigenvalue weighted by molar-refractivity contribution is 7.56. The fourth-order valence-corrected chi connectivity index (χ4v) is 11.1. The first-order valence-corrected chi connectivity index (χ1v) is 25.3. The molecule has 1 aromatic carbocycles. The lowest BCUT2D eigenvalue weighted by molar-refractivity contribution is -0.142. The predicted octanol–water partition coefficient (Wildman–Crippen LogP) is 8.12. The summed E-state index contributed by atoms with van der Waals surface area (Å²) < 4.78 is 63.7. The Balaban J connectivity index is 1.36. The van der Waals surface area contributed by atoms with Gasteiger partial charge in [0.2, 0.25) is 25.4 Å². The van der Waals surface area contributed by atoms with Gasteiger partial charge in [-0.1, -0.05) is 26.8 Å². The number of methoxy groups -OCH3 is 1.